The molecule has 0 saturated carbocycles. The monoisotopic (exact) mass is 428 g/mol. The molecule has 27 heavy (non-hydrogen) atoms. The van der Waals surface area contributed by atoms with E-state index in [2.05, 4.69) is 27.0 Å². The Hall–Kier alpha value is -2.67. The van der Waals surface area contributed by atoms with Gasteiger partial charge in [-0.3, -0.25) is 18.9 Å². The fourth-order valence-corrected chi connectivity index (χ4v) is 3.17. The molecule has 0 aliphatic heterocycles. The second-order valence-electron chi connectivity index (χ2n) is 6.64. The van der Waals surface area contributed by atoms with Crippen molar-refractivity contribution in [2.24, 2.45) is 19.1 Å². The van der Waals surface area contributed by atoms with Crippen LogP contribution < -0.4 is 11.2 Å². The molecule has 0 spiro atoms. The Kier molecular flexibility index (Phi) is 5.32. The van der Waals surface area contributed by atoms with E-state index in [4.69, 9.17) is 0 Å². The van der Waals surface area contributed by atoms with Crippen molar-refractivity contribution in [1.82, 2.24) is 13.7 Å². The van der Waals surface area contributed by atoms with Crippen LogP contribution in [0.2, 0.25) is 0 Å². The topological polar surface area (TPSA) is 61.3 Å². The Morgan fingerprint density at radius 2 is 1.78 bits per heavy atom. The van der Waals surface area contributed by atoms with Gasteiger partial charge in [0.25, 0.3) is 5.56 Å². The summed E-state index contributed by atoms with van der Waals surface area (Å²) in [7, 11) is 3.17. The first-order valence-corrected chi connectivity index (χ1v) is 9.31. The van der Waals surface area contributed by atoms with Gasteiger partial charge in [0.15, 0.2) is 0 Å². The molecule has 0 unspecified atom stereocenters. The molecule has 0 N–H and O–H groups in total. The van der Waals surface area contributed by atoms with Crippen LogP contribution in [0.3, 0.4) is 0 Å². The number of allylic oxidation sites excluding steroid dienone is 2. The van der Waals surface area contributed by atoms with E-state index in [0.717, 1.165) is 26.0 Å². The van der Waals surface area contributed by atoms with Gasteiger partial charge < -0.3 is 4.57 Å². The third kappa shape index (κ3) is 3.73. The number of aryl methyl sites for hydroxylation is 1. The Bertz CT molecular complexity index is 1170. The van der Waals surface area contributed by atoms with E-state index in [1.807, 2.05) is 42.7 Å². The van der Waals surface area contributed by atoms with E-state index >= 15 is 0 Å². The van der Waals surface area contributed by atoms with Crippen molar-refractivity contribution in [1.29, 1.82) is 0 Å². The van der Waals surface area contributed by atoms with Crippen LogP contribution in [-0.2, 0) is 20.6 Å². The molecule has 140 valence electrons. The zero-order valence-corrected chi connectivity index (χ0v) is 17.3. The fourth-order valence-electron chi connectivity index (χ4n) is 2.90. The molecule has 2 heterocycles. The fraction of sp³-hybridized carbons (Fsp3) is 0.250. The highest BCUT2D eigenvalue weighted by Crippen LogP contribution is 2.19. The van der Waals surface area contributed by atoms with Crippen LogP contribution in [-0.4, -0.2) is 19.9 Å². The molecule has 0 fully saturated rings. The number of aliphatic imine (C=N–C) groups is 1. The van der Waals surface area contributed by atoms with Crippen LogP contribution in [0.4, 0.5) is 5.69 Å². The smallest absolute Gasteiger partial charge is 0.322 e. The van der Waals surface area contributed by atoms with Crippen LogP contribution in [0, 0.1) is 0 Å². The van der Waals surface area contributed by atoms with Crippen LogP contribution in [0.15, 0.2) is 61.0 Å². The van der Waals surface area contributed by atoms with Crippen LogP contribution in [0.5, 0.6) is 0 Å². The number of hydrogen-bond donors (Lipinski definition) is 0. The third-order valence-corrected chi connectivity index (χ3v) is 4.91. The highest BCUT2D eigenvalue weighted by molar-refractivity contribution is 9.10. The molecule has 0 atom stereocenters. The Balaban J connectivity index is 2.23. The zero-order chi connectivity index (χ0) is 19.7. The van der Waals surface area contributed by atoms with E-state index in [-0.39, 0.29) is 11.2 Å². The first kappa shape index (κ1) is 19.1. The lowest BCUT2D eigenvalue weighted by atomic mass is 10.3. The predicted molar refractivity (Wildman–Crippen MR) is 113 cm³/mol. The zero-order valence-electron chi connectivity index (χ0n) is 15.7. The second-order valence-corrected chi connectivity index (χ2v) is 7.55. The minimum absolute atomic E-state index is 0.303. The number of aromatic nitrogens is 3. The molecule has 0 aliphatic rings. The van der Waals surface area contributed by atoms with Gasteiger partial charge in [-0.1, -0.05) is 27.6 Å². The summed E-state index contributed by atoms with van der Waals surface area (Å²) >= 11 is 3.41. The van der Waals surface area contributed by atoms with Crippen molar-refractivity contribution in [2.75, 3.05) is 0 Å². The van der Waals surface area contributed by atoms with Gasteiger partial charge in [0.05, 0.1) is 23.0 Å². The molecule has 0 saturated heterocycles. The number of hydrogen-bond acceptors (Lipinski definition) is 3. The van der Waals surface area contributed by atoms with Crippen molar-refractivity contribution in [2.45, 2.75) is 20.4 Å². The summed E-state index contributed by atoms with van der Waals surface area (Å²) in [5, 5.41) is 0.499. The van der Waals surface area contributed by atoms with E-state index in [1.165, 1.54) is 11.6 Å². The molecule has 1 aromatic carbocycles. The maximum absolute atomic E-state index is 12.6. The molecule has 7 heteroatoms. The van der Waals surface area contributed by atoms with Gasteiger partial charge in [0, 0.05) is 25.1 Å². The second kappa shape index (κ2) is 7.52. The Labute approximate surface area is 165 Å². The summed E-state index contributed by atoms with van der Waals surface area (Å²) in [6.45, 7) is 4.58. The highest BCUT2D eigenvalue weighted by Gasteiger charge is 2.15. The molecule has 6 nitrogen and oxygen atoms in total. The third-order valence-electron chi connectivity index (χ3n) is 4.38. The molecule has 3 aromatic rings. The van der Waals surface area contributed by atoms with Gasteiger partial charge in [-0.15, -0.1) is 0 Å². The van der Waals surface area contributed by atoms with E-state index in [1.54, 1.807) is 19.3 Å². The van der Waals surface area contributed by atoms with Gasteiger partial charge in [-0.05, 0) is 44.2 Å². The summed E-state index contributed by atoms with van der Waals surface area (Å²) in [5.41, 5.74) is 2.67. The molecule has 0 amide bonds. The van der Waals surface area contributed by atoms with E-state index in [0.29, 0.717) is 17.6 Å². The van der Waals surface area contributed by atoms with Crippen LogP contribution >= 0.6 is 15.9 Å². The minimum atomic E-state index is -0.347. The summed E-state index contributed by atoms with van der Waals surface area (Å²) in [6, 6.07) is 9.44. The molecular weight excluding hydrogens is 408 g/mol. The lowest BCUT2D eigenvalue weighted by Crippen LogP contribution is -2.37. The SMILES string of the molecule is CC(C)=CCn1c(C=Nc2ccc(Br)cc2)cc2c(=O)n(C)c(=O)n(C)c21. The lowest BCUT2D eigenvalue weighted by Gasteiger charge is -2.10. The van der Waals surface area contributed by atoms with Crippen LogP contribution in [0.25, 0.3) is 11.0 Å². The number of rotatable bonds is 4. The minimum Gasteiger partial charge on any atom is -0.322 e. The first-order chi connectivity index (χ1) is 12.8. The quantitative estimate of drug-likeness (QED) is 0.471. The average Bonchev–Trinajstić information content (AvgIpc) is 3.01. The number of nitrogens with zero attached hydrogens (tertiary/aromatic N) is 4. The summed E-state index contributed by atoms with van der Waals surface area (Å²) < 4.78 is 5.56. The molecule has 0 aliphatic carbocycles. The first-order valence-electron chi connectivity index (χ1n) is 8.52. The Morgan fingerprint density at radius 1 is 1.11 bits per heavy atom. The molecule has 2 aromatic heterocycles. The average molecular weight is 429 g/mol. The largest absolute Gasteiger partial charge is 0.332 e. The highest BCUT2D eigenvalue weighted by atomic mass is 79.9. The van der Waals surface area contributed by atoms with Gasteiger partial charge in [-0.25, -0.2) is 4.79 Å². The normalized spacial score (nSPS) is 11.4. The van der Waals surface area contributed by atoms with Crippen molar-refractivity contribution >= 4 is 38.9 Å². The molecule has 3 rings (SSSR count). The van der Waals surface area contributed by atoms with Crippen molar-refractivity contribution < 1.29 is 0 Å². The van der Waals surface area contributed by atoms with Gasteiger partial charge in [-0.2, -0.15) is 0 Å². The van der Waals surface area contributed by atoms with Gasteiger partial charge >= 0.3 is 5.69 Å². The number of fused-ring (bicyclic) bond motifs is 1. The lowest BCUT2D eigenvalue weighted by molar-refractivity contribution is 0.689. The molecular formula is C20H21BrN4O2. The van der Waals surface area contributed by atoms with Crippen LogP contribution in [0.1, 0.15) is 19.5 Å². The van der Waals surface area contributed by atoms with Gasteiger partial charge in [0.2, 0.25) is 0 Å². The number of halogens is 1. The predicted octanol–water partition coefficient (Wildman–Crippen LogP) is 3.52. The maximum Gasteiger partial charge on any atom is 0.332 e. The maximum atomic E-state index is 12.6. The van der Waals surface area contributed by atoms with Crippen molar-refractivity contribution in [3.63, 3.8) is 0 Å². The summed E-state index contributed by atoms with van der Waals surface area (Å²) in [6.07, 6.45) is 3.78. The van der Waals surface area contributed by atoms with E-state index in [9.17, 15) is 9.59 Å². The molecule has 0 bridgehead atoms. The van der Waals surface area contributed by atoms with Crippen molar-refractivity contribution in [3.05, 3.63) is 73.0 Å². The van der Waals surface area contributed by atoms with Gasteiger partial charge in [0.1, 0.15) is 5.65 Å². The summed E-state index contributed by atoms with van der Waals surface area (Å²) in [4.78, 5) is 29.5. The summed E-state index contributed by atoms with van der Waals surface area (Å²) in [5.74, 6) is 0. The van der Waals surface area contributed by atoms with E-state index < -0.39 is 0 Å². The Morgan fingerprint density at radius 3 is 2.41 bits per heavy atom. The van der Waals surface area contributed by atoms with Crippen molar-refractivity contribution in [3.8, 4) is 0 Å². The number of benzene rings is 1. The molecule has 0 radical (unpaired) electrons. The standard InChI is InChI=1S/C20H21BrN4O2/c1-13(2)9-10-25-16(12-22-15-7-5-14(21)6-8-15)11-17-18(25)23(3)20(27)24(4)19(17)26/h5-9,11-12H,10H2,1-4H3.